The number of hydrogen-bond acceptors (Lipinski definition) is 3. The molecule has 2 nitrogen and oxygen atoms in total. The van der Waals surface area contributed by atoms with Crippen molar-refractivity contribution in [2.75, 3.05) is 12.0 Å². The topological polar surface area (TPSA) is 26.3 Å². The fourth-order valence-corrected chi connectivity index (χ4v) is 2.36. The van der Waals surface area contributed by atoms with Crippen molar-refractivity contribution in [2.24, 2.45) is 5.92 Å². The summed E-state index contributed by atoms with van der Waals surface area (Å²) >= 11 is 1.73. The highest BCUT2D eigenvalue weighted by Crippen LogP contribution is 2.26. The van der Waals surface area contributed by atoms with Crippen LogP contribution in [-0.4, -0.2) is 24.1 Å². The second-order valence-corrected chi connectivity index (χ2v) is 5.62. The Morgan fingerprint density at radius 1 is 1.38 bits per heavy atom. The van der Waals surface area contributed by atoms with Gasteiger partial charge in [0.15, 0.2) is 0 Å². The minimum Gasteiger partial charge on any atom is -0.459 e. The van der Waals surface area contributed by atoms with Crippen molar-refractivity contribution >= 4 is 17.7 Å². The van der Waals surface area contributed by atoms with Gasteiger partial charge < -0.3 is 4.74 Å². The zero-order valence-electron chi connectivity index (χ0n) is 10.3. The van der Waals surface area contributed by atoms with Crippen LogP contribution < -0.4 is 0 Å². The van der Waals surface area contributed by atoms with E-state index in [-0.39, 0.29) is 12.1 Å². The van der Waals surface area contributed by atoms with Gasteiger partial charge in [0.2, 0.25) is 0 Å². The number of rotatable bonds is 5. The van der Waals surface area contributed by atoms with E-state index in [9.17, 15) is 4.79 Å². The fourth-order valence-electron chi connectivity index (χ4n) is 1.91. The molecule has 0 aromatic carbocycles. The molecule has 0 unspecified atom stereocenters. The number of hydrogen-bond donors (Lipinski definition) is 0. The van der Waals surface area contributed by atoms with E-state index in [0.29, 0.717) is 5.57 Å². The molecule has 0 aromatic heterocycles. The van der Waals surface area contributed by atoms with Crippen LogP contribution in [0.2, 0.25) is 0 Å². The van der Waals surface area contributed by atoms with E-state index in [1.807, 2.05) is 6.26 Å². The fraction of sp³-hybridized carbons (Fsp3) is 0.769. The minimum atomic E-state index is -0.186. The summed E-state index contributed by atoms with van der Waals surface area (Å²) in [7, 11) is 0. The molecule has 0 aromatic rings. The lowest BCUT2D eigenvalue weighted by Crippen LogP contribution is -2.24. The minimum absolute atomic E-state index is 0.134. The summed E-state index contributed by atoms with van der Waals surface area (Å²) < 4.78 is 5.45. The van der Waals surface area contributed by atoms with Gasteiger partial charge in [0.1, 0.15) is 6.10 Å². The Kier molecular flexibility index (Phi) is 5.96. The molecule has 1 fully saturated rings. The highest BCUT2D eigenvalue weighted by Gasteiger charge is 2.22. The monoisotopic (exact) mass is 242 g/mol. The van der Waals surface area contributed by atoms with Crippen molar-refractivity contribution in [1.29, 1.82) is 0 Å². The van der Waals surface area contributed by atoms with Gasteiger partial charge in [-0.05, 0) is 50.0 Å². The maximum Gasteiger partial charge on any atom is 0.333 e. The zero-order chi connectivity index (χ0) is 12.0. The van der Waals surface area contributed by atoms with Crippen molar-refractivity contribution < 1.29 is 9.53 Å². The van der Waals surface area contributed by atoms with E-state index in [1.165, 1.54) is 12.8 Å². The number of carbonyl (C=O) groups is 1. The molecule has 1 rings (SSSR count). The first-order valence-corrected chi connectivity index (χ1v) is 7.40. The summed E-state index contributed by atoms with van der Waals surface area (Å²) in [4.78, 5) is 11.7. The van der Waals surface area contributed by atoms with E-state index in [1.54, 1.807) is 11.8 Å². The number of ether oxygens (including phenoxy) is 1. The number of carbonyl (C=O) groups excluding carboxylic acids is 1. The molecule has 0 bridgehead atoms. The normalized spacial score (nSPS) is 25.1. The largest absolute Gasteiger partial charge is 0.459 e. The van der Waals surface area contributed by atoms with Gasteiger partial charge in [-0.3, -0.25) is 0 Å². The SMILES string of the molecule is C=C(CCSC)C(=O)OC1CCC(C)CC1. The molecule has 0 spiro atoms. The molecular formula is C13H22O2S. The first-order valence-electron chi connectivity index (χ1n) is 6.01. The summed E-state index contributed by atoms with van der Waals surface area (Å²) in [6.07, 6.45) is 7.29. The van der Waals surface area contributed by atoms with E-state index in [4.69, 9.17) is 4.74 Å². The van der Waals surface area contributed by atoms with E-state index >= 15 is 0 Å². The van der Waals surface area contributed by atoms with Crippen molar-refractivity contribution in [3.63, 3.8) is 0 Å². The highest BCUT2D eigenvalue weighted by atomic mass is 32.2. The molecule has 0 aliphatic heterocycles. The van der Waals surface area contributed by atoms with Gasteiger partial charge in [-0.2, -0.15) is 11.8 Å². The predicted octanol–water partition coefficient (Wildman–Crippen LogP) is 3.42. The Balaban J connectivity index is 2.25. The van der Waals surface area contributed by atoms with Crippen LogP contribution in [0.5, 0.6) is 0 Å². The lowest BCUT2D eigenvalue weighted by molar-refractivity contribution is -0.146. The molecule has 3 heteroatoms. The molecule has 0 saturated heterocycles. The summed E-state index contributed by atoms with van der Waals surface area (Å²) in [5.74, 6) is 1.54. The highest BCUT2D eigenvalue weighted by molar-refractivity contribution is 7.98. The van der Waals surface area contributed by atoms with Crippen LogP contribution in [0, 0.1) is 5.92 Å². The van der Waals surface area contributed by atoms with Gasteiger partial charge >= 0.3 is 5.97 Å². The third-order valence-electron chi connectivity index (χ3n) is 3.13. The van der Waals surface area contributed by atoms with Crippen LogP contribution in [0.25, 0.3) is 0 Å². The Hall–Kier alpha value is -0.440. The molecule has 0 amide bonds. The molecule has 0 atom stereocenters. The molecule has 0 radical (unpaired) electrons. The van der Waals surface area contributed by atoms with E-state index in [0.717, 1.165) is 30.9 Å². The lowest BCUT2D eigenvalue weighted by atomic mass is 9.89. The predicted molar refractivity (Wildman–Crippen MR) is 69.7 cm³/mol. The van der Waals surface area contributed by atoms with Crippen LogP contribution in [-0.2, 0) is 9.53 Å². The average molecular weight is 242 g/mol. The van der Waals surface area contributed by atoms with Crippen molar-refractivity contribution in [2.45, 2.75) is 45.1 Å². The van der Waals surface area contributed by atoms with E-state index < -0.39 is 0 Å². The quantitative estimate of drug-likeness (QED) is 0.546. The number of esters is 1. The Morgan fingerprint density at radius 3 is 2.56 bits per heavy atom. The third kappa shape index (κ3) is 4.60. The van der Waals surface area contributed by atoms with Gasteiger partial charge in [0.25, 0.3) is 0 Å². The Labute approximate surface area is 103 Å². The molecule has 1 aliphatic carbocycles. The van der Waals surface area contributed by atoms with Crippen molar-refractivity contribution in [3.05, 3.63) is 12.2 Å². The summed E-state index contributed by atoms with van der Waals surface area (Å²) in [5, 5.41) is 0. The first-order chi connectivity index (χ1) is 7.63. The standard InChI is InChI=1S/C13H22O2S/c1-10-4-6-12(7-5-10)15-13(14)11(2)8-9-16-3/h10,12H,2,4-9H2,1,3H3. The second-order valence-electron chi connectivity index (χ2n) is 4.63. The van der Waals surface area contributed by atoms with Crippen molar-refractivity contribution in [3.8, 4) is 0 Å². The maximum atomic E-state index is 11.7. The summed E-state index contributed by atoms with van der Waals surface area (Å²) in [5.41, 5.74) is 0.618. The van der Waals surface area contributed by atoms with Gasteiger partial charge in [0.05, 0.1) is 0 Å². The molecule has 0 heterocycles. The van der Waals surface area contributed by atoms with Gasteiger partial charge in [-0.15, -0.1) is 0 Å². The van der Waals surface area contributed by atoms with Crippen LogP contribution in [0.15, 0.2) is 12.2 Å². The summed E-state index contributed by atoms with van der Waals surface area (Å²) in [6.45, 7) is 6.04. The molecule has 0 N–H and O–H groups in total. The Bertz CT molecular complexity index is 242. The smallest absolute Gasteiger partial charge is 0.333 e. The third-order valence-corrected chi connectivity index (χ3v) is 3.75. The molecule has 1 aliphatic rings. The number of thioether (sulfide) groups is 1. The van der Waals surface area contributed by atoms with Crippen molar-refractivity contribution in [1.82, 2.24) is 0 Å². The van der Waals surface area contributed by atoms with Gasteiger partial charge in [0, 0.05) is 5.57 Å². The van der Waals surface area contributed by atoms with Gasteiger partial charge in [-0.1, -0.05) is 13.5 Å². The molecule has 1 saturated carbocycles. The first kappa shape index (κ1) is 13.6. The summed E-state index contributed by atoms with van der Waals surface area (Å²) in [6, 6.07) is 0. The van der Waals surface area contributed by atoms with Crippen LogP contribution in [0.1, 0.15) is 39.0 Å². The lowest BCUT2D eigenvalue weighted by Gasteiger charge is -2.26. The zero-order valence-corrected chi connectivity index (χ0v) is 11.1. The van der Waals surface area contributed by atoms with E-state index in [2.05, 4.69) is 13.5 Å². The Morgan fingerprint density at radius 2 is 2.00 bits per heavy atom. The van der Waals surface area contributed by atoms with Crippen LogP contribution >= 0.6 is 11.8 Å². The molecule has 92 valence electrons. The van der Waals surface area contributed by atoms with Crippen LogP contribution in [0.4, 0.5) is 0 Å². The maximum absolute atomic E-state index is 11.7. The second kappa shape index (κ2) is 7.00. The van der Waals surface area contributed by atoms with Crippen LogP contribution in [0.3, 0.4) is 0 Å². The molecule has 16 heavy (non-hydrogen) atoms. The van der Waals surface area contributed by atoms with Gasteiger partial charge in [-0.25, -0.2) is 4.79 Å². The average Bonchev–Trinajstić information content (AvgIpc) is 2.29. The molecular weight excluding hydrogens is 220 g/mol.